The molecule has 2 rings (SSSR count). The van der Waals surface area contributed by atoms with Crippen molar-refractivity contribution >= 4 is 15.7 Å². The summed E-state index contributed by atoms with van der Waals surface area (Å²) in [6.07, 6.45) is 3.61. The topological polar surface area (TPSA) is 69.6 Å². The highest BCUT2D eigenvalue weighted by Gasteiger charge is 2.33. The smallest absolute Gasteiger partial charge is 0.242 e. The molecular weight excluding hydrogens is 288 g/mol. The van der Waals surface area contributed by atoms with Gasteiger partial charge in [0.15, 0.2) is 0 Å². The molecule has 0 aromatic heterocycles. The fourth-order valence-corrected chi connectivity index (χ4v) is 4.28. The third kappa shape index (κ3) is 3.75. The van der Waals surface area contributed by atoms with Crippen LogP contribution in [0.3, 0.4) is 0 Å². The Morgan fingerprint density at radius 2 is 1.90 bits per heavy atom. The zero-order chi connectivity index (χ0) is 15.5. The Labute approximate surface area is 127 Å². The van der Waals surface area contributed by atoms with E-state index >= 15 is 0 Å². The number of nitrogens with one attached hydrogen (secondary N) is 1. The minimum absolute atomic E-state index is 0.260. The molecule has 0 aliphatic heterocycles. The van der Waals surface area contributed by atoms with Crippen LogP contribution in [0.1, 0.15) is 32.6 Å². The summed E-state index contributed by atoms with van der Waals surface area (Å²) in [5, 5.41) is 10.5. The number of nitrogens with zero attached hydrogens (tertiary/aromatic N) is 1. The number of aliphatic hydroxyl groups is 1. The zero-order valence-electron chi connectivity index (χ0n) is 12.7. The molecule has 0 radical (unpaired) electrons. The van der Waals surface area contributed by atoms with Crippen LogP contribution in [0.4, 0.5) is 5.69 Å². The fraction of sp³-hybridized carbons (Fsp3) is 0.600. The number of rotatable bonds is 6. The molecule has 1 aliphatic rings. The fourth-order valence-electron chi connectivity index (χ4n) is 2.99. The van der Waals surface area contributed by atoms with E-state index in [1.807, 2.05) is 18.0 Å². The molecule has 2 N–H and O–H groups in total. The van der Waals surface area contributed by atoms with E-state index in [0.29, 0.717) is 18.8 Å². The average molecular weight is 312 g/mol. The van der Waals surface area contributed by atoms with E-state index < -0.39 is 15.6 Å². The molecule has 0 amide bonds. The lowest BCUT2D eigenvalue weighted by molar-refractivity contribution is 0.0558. The summed E-state index contributed by atoms with van der Waals surface area (Å²) in [5.41, 5.74) is -0.0807. The lowest BCUT2D eigenvalue weighted by atomic mass is 10.0. The Morgan fingerprint density at radius 1 is 1.29 bits per heavy atom. The van der Waals surface area contributed by atoms with Crippen molar-refractivity contribution in [3.8, 4) is 0 Å². The van der Waals surface area contributed by atoms with Gasteiger partial charge in [-0.25, -0.2) is 13.1 Å². The lowest BCUT2D eigenvalue weighted by Crippen LogP contribution is -2.40. The van der Waals surface area contributed by atoms with Crippen LogP contribution >= 0.6 is 0 Å². The number of para-hydroxylation sites is 1. The van der Waals surface area contributed by atoms with E-state index in [-0.39, 0.29) is 4.90 Å². The van der Waals surface area contributed by atoms with Gasteiger partial charge in [-0.05, 0) is 25.0 Å². The summed E-state index contributed by atoms with van der Waals surface area (Å²) in [4.78, 5) is 2.10. The molecule has 0 unspecified atom stereocenters. The highest BCUT2D eigenvalue weighted by Crippen LogP contribution is 2.32. The molecule has 5 nitrogen and oxygen atoms in total. The van der Waals surface area contributed by atoms with Crippen molar-refractivity contribution < 1.29 is 13.5 Å². The van der Waals surface area contributed by atoms with Crippen LogP contribution in [0.15, 0.2) is 29.2 Å². The molecule has 1 aromatic carbocycles. The second kappa shape index (κ2) is 6.34. The first-order chi connectivity index (χ1) is 9.88. The average Bonchev–Trinajstić information content (AvgIpc) is 2.85. The minimum Gasteiger partial charge on any atom is -0.388 e. The van der Waals surface area contributed by atoms with E-state index in [4.69, 9.17) is 0 Å². The van der Waals surface area contributed by atoms with Crippen LogP contribution in [-0.2, 0) is 10.0 Å². The SMILES string of the molecule is CCNS(=O)(=O)c1ccccc1N(C)CC1(O)CCCC1. The molecular formula is C15H24N2O3S. The summed E-state index contributed by atoms with van der Waals surface area (Å²) < 4.78 is 27.1. The maximum absolute atomic E-state index is 12.3. The van der Waals surface area contributed by atoms with Gasteiger partial charge >= 0.3 is 0 Å². The molecule has 21 heavy (non-hydrogen) atoms. The van der Waals surface area contributed by atoms with Gasteiger partial charge in [0.1, 0.15) is 4.90 Å². The first-order valence-corrected chi connectivity index (χ1v) is 8.88. The van der Waals surface area contributed by atoms with Crippen LogP contribution < -0.4 is 9.62 Å². The molecule has 1 saturated carbocycles. The molecule has 1 fully saturated rings. The van der Waals surface area contributed by atoms with E-state index in [1.165, 1.54) is 0 Å². The summed E-state index contributed by atoms with van der Waals surface area (Å²) in [6, 6.07) is 6.91. The Bertz CT molecular complexity index is 580. The van der Waals surface area contributed by atoms with Gasteiger partial charge in [0.2, 0.25) is 10.0 Å². The van der Waals surface area contributed by atoms with E-state index in [0.717, 1.165) is 25.7 Å². The second-order valence-corrected chi connectivity index (χ2v) is 7.49. The minimum atomic E-state index is -3.51. The van der Waals surface area contributed by atoms with E-state index in [1.54, 1.807) is 25.1 Å². The lowest BCUT2D eigenvalue weighted by Gasteiger charge is -2.31. The highest BCUT2D eigenvalue weighted by molar-refractivity contribution is 7.89. The number of hydrogen-bond donors (Lipinski definition) is 2. The monoisotopic (exact) mass is 312 g/mol. The maximum Gasteiger partial charge on any atom is 0.242 e. The first-order valence-electron chi connectivity index (χ1n) is 7.40. The van der Waals surface area contributed by atoms with Crippen molar-refractivity contribution in [2.45, 2.75) is 43.1 Å². The summed E-state index contributed by atoms with van der Waals surface area (Å²) in [6.45, 7) is 2.56. The first kappa shape index (κ1) is 16.3. The largest absolute Gasteiger partial charge is 0.388 e. The van der Waals surface area contributed by atoms with Crippen LogP contribution in [0.5, 0.6) is 0 Å². The second-order valence-electron chi connectivity index (χ2n) is 5.76. The molecule has 1 aliphatic carbocycles. The molecule has 0 heterocycles. The van der Waals surface area contributed by atoms with Crippen molar-refractivity contribution in [2.24, 2.45) is 0 Å². The van der Waals surface area contributed by atoms with Crippen molar-refractivity contribution in [3.63, 3.8) is 0 Å². The molecule has 6 heteroatoms. The number of benzene rings is 1. The molecule has 0 bridgehead atoms. The van der Waals surface area contributed by atoms with Gasteiger partial charge in [0.25, 0.3) is 0 Å². The maximum atomic E-state index is 12.3. The van der Waals surface area contributed by atoms with Crippen molar-refractivity contribution in [1.82, 2.24) is 4.72 Å². The Balaban J connectivity index is 2.27. The van der Waals surface area contributed by atoms with Crippen LogP contribution in [0, 0.1) is 0 Å². The van der Waals surface area contributed by atoms with Crippen LogP contribution in [0.2, 0.25) is 0 Å². The van der Waals surface area contributed by atoms with Gasteiger partial charge in [-0.15, -0.1) is 0 Å². The zero-order valence-corrected chi connectivity index (χ0v) is 13.5. The van der Waals surface area contributed by atoms with E-state index in [2.05, 4.69) is 4.72 Å². The van der Waals surface area contributed by atoms with Crippen molar-refractivity contribution in [3.05, 3.63) is 24.3 Å². The quantitative estimate of drug-likeness (QED) is 0.839. The summed E-state index contributed by atoms with van der Waals surface area (Å²) in [7, 11) is -1.68. The summed E-state index contributed by atoms with van der Waals surface area (Å²) in [5.74, 6) is 0. The standard InChI is InChI=1S/C15H24N2O3S/c1-3-16-21(19,20)14-9-5-4-8-13(14)17(2)12-15(18)10-6-7-11-15/h4-5,8-9,16,18H,3,6-7,10-12H2,1-2H3. The van der Waals surface area contributed by atoms with Gasteiger partial charge in [-0.2, -0.15) is 0 Å². The van der Waals surface area contributed by atoms with Gasteiger partial charge in [0.05, 0.1) is 11.3 Å². The van der Waals surface area contributed by atoms with Gasteiger partial charge in [-0.3, -0.25) is 0 Å². The van der Waals surface area contributed by atoms with E-state index in [9.17, 15) is 13.5 Å². The van der Waals surface area contributed by atoms with Crippen LogP contribution in [0.25, 0.3) is 0 Å². The summed E-state index contributed by atoms with van der Waals surface area (Å²) >= 11 is 0. The third-order valence-corrected chi connectivity index (χ3v) is 5.56. The van der Waals surface area contributed by atoms with Crippen molar-refractivity contribution in [2.75, 3.05) is 25.0 Å². The molecule has 0 spiro atoms. The normalized spacial score (nSPS) is 17.9. The highest BCUT2D eigenvalue weighted by atomic mass is 32.2. The Kier molecular flexibility index (Phi) is 4.91. The Hall–Kier alpha value is -1.11. The van der Waals surface area contributed by atoms with Gasteiger partial charge < -0.3 is 10.0 Å². The van der Waals surface area contributed by atoms with Gasteiger partial charge in [0, 0.05) is 20.1 Å². The van der Waals surface area contributed by atoms with Gasteiger partial charge in [-0.1, -0.05) is 31.9 Å². The molecule has 1 aromatic rings. The number of anilines is 1. The Morgan fingerprint density at radius 3 is 2.52 bits per heavy atom. The predicted molar refractivity (Wildman–Crippen MR) is 84.0 cm³/mol. The van der Waals surface area contributed by atoms with Crippen LogP contribution in [-0.4, -0.2) is 39.3 Å². The number of likely N-dealkylation sites (N-methyl/N-ethyl adjacent to an activating group) is 1. The molecule has 0 atom stereocenters. The molecule has 118 valence electrons. The number of hydrogen-bond acceptors (Lipinski definition) is 4. The molecule has 0 saturated heterocycles. The third-order valence-electron chi connectivity index (χ3n) is 3.97. The van der Waals surface area contributed by atoms with Crippen molar-refractivity contribution in [1.29, 1.82) is 0 Å². The number of sulfonamides is 1. The predicted octanol–water partition coefficient (Wildman–Crippen LogP) is 1.73.